The van der Waals surface area contributed by atoms with Crippen LogP contribution in [0, 0.1) is 12.8 Å². The Morgan fingerprint density at radius 3 is 2.67 bits per heavy atom. The predicted octanol–water partition coefficient (Wildman–Crippen LogP) is 2.39. The van der Waals surface area contributed by atoms with Crippen molar-refractivity contribution in [3.63, 3.8) is 0 Å². The van der Waals surface area contributed by atoms with Crippen molar-refractivity contribution in [1.82, 2.24) is 30.3 Å². The van der Waals surface area contributed by atoms with Crippen molar-refractivity contribution >= 4 is 16.9 Å². The van der Waals surface area contributed by atoms with Gasteiger partial charge in [0.2, 0.25) is 0 Å². The molecule has 30 heavy (non-hydrogen) atoms. The molecule has 2 aliphatic heterocycles. The summed E-state index contributed by atoms with van der Waals surface area (Å²) < 4.78 is 2.05. The summed E-state index contributed by atoms with van der Waals surface area (Å²) in [6, 6.07) is 10.5. The number of imidazole rings is 1. The summed E-state index contributed by atoms with van der Waals surface area (Å²) in [6.45, 7) is 4.50. The van der Waals surface area contributed by atoms with Gasteiger partial charge in [0.05, 0.1) is 11.0 Å². The number of rotatable bonds is 3. The largest absolute Gasteiger partial charge is 0.339 e. The molecule has 4 heterocycles. The molecule has 1 aromatic carbocycles. The number of aryl methyl sites for hydroxylation is 2. The first-order valence-corrected chi connectivity index (χ1v) is 10.7. The van der Waals surface area contributed by atoms with E-state index >= 15 is 0 Å². The number of hydrazine groups is 1. The number of carbonyl (C=O) groups excluding carboxylic acids is 1. The van der Waals surface area contributed by atoms with E-state index in [2.05, 4.69) is 37.5 Å². The molecule has 2 saturated heterocycles. The van der Waals surface area contributed by atoms with Crippen molar-refractivity contribution in [2.75, 3.05) is 19.6 Å². The Morgan fingerprint density at radius 1 is 1.13 bits per heavy atom. The molecule has 0 radical (unpaired) electrons. The highest BCUT2D eigenvalue weighted by Gasteiger charge is 2.37. The Bertz CT molecular complexity index is 1050. The number of hydrogen-bond acceptors (Lipinski definition) is 5. The number of aromatic nitrogens is 3. The number of piperidine rings is 1. The molecule has 2 aliphatic rings. The summed E-state index contributed by atoms with van der Waals surface area (Å²) in [5, 5.41) is 0. The lowest BCUT2D eigenvalue weighted by molar-refractivity contribution is 0.0670. The summed E-state index contributed by atoms with van der Waals surface area (Å²) in [5.41, 5.74) is 10.8. The van der Waals surface area contributed by atoms with Gasteiger partial charge in [0.15, 0.2) is 0 Å². The van der Waals surface area contributed by atoms with Crippen molar-refractivity contribution in [3.8, 4) is 0 Å². The van der Waals surface area contributed by atoms with E-state index < -0.39 is 0 Å². The van der Waals surface area contributed by atoms with Crippen LogP contribution in [0.1, 0.15) is 40.5 Å². The summed E-state index contributed by atoms with van der Waals surface area (Å²) >= 11 is 0. The van der Waals surface area contributed by atoms with Crippen LogP contribution in [-0.4, -0.2) is 51.0 Å². The maximum atomic E-state index is 13.1. The summed E-state index contributed by atoms with van der Waals surface area (Å²) in [7, 11) is 2.00. The van der Waals surface area contributed by atoms with Gasteiger partial charge in [-0.25, -0.2) is 4.98 Å². The molecule has 2 unspecified atom stereocenters. The molecule has 2 atom stereocenters. The van der Waals surface area contributed by atoms with Gasteiger partial charge in [-0.3, -0.25) is 20.6 Å². The highest BCUT2D eigenvalue weighted by Crippen LogP contribution is 2.32. The van der Waals surface area contributed by atoms with Crippen LogP contribution in [0.2, 0.25) is 0 Å². The standard InChI is InChI=1S/C23H28N6O/c1-15-26-20-13-18(3-4-21(20)28(15)2)23(30)29-11-7-17(8-12-29)22-19(14-25-27-22)16-5-9-24-10-6-16/h3-6,9-10,13,17,19,22,25,27H,7-8,11-12,14H2,1-2H3. The summed E-state index contributed by atoms with van der Waals surface area (Å²) in [4.78, 5) is 23.8. The van der Waals surface area contributed by atoms with E-state index in [0.29, 0.717) is 17.9 Å². The number of nitrogens with one attached hydrogen (secondary N) is 2. The zero-order valence-corrected chi connectivity index (χ0v) is 17.5. The van der Waals surface area contributed by atoms with Crippen molar-refractivity contribution in [2.24, 2.45) is 13.0 Å². The maximum Gasteiger partial charge on any atom is 0.253 e. The zero-order chi connectivity index (χ0) is 20.7. The lowest BCUT2D eigenvalue weighted by Gasteiger charge is -2.36. The second-order valence-corrected chi connectivity index (χ2v) is 8.49. The number of pyridine rings is 1. The molecule has 0 spiro atoms. The number of nitrogens with zero attached hydrogens (tertiary/aromatic N) is 4. The fourth-order valence-corrected chi connectivity index (χ4v) is 4.99. The van der Waals surface area contributed by atoms with Crippen molar-refractivity contribution < 1.29 is 4.79 Å². The minimum Gasteiger partial charge on any atom is -0.339 e. The fourth-order valence-electron chi connectivity index (χ4n) is 4.99. The number of likely N-dealkylation sites (tertiary alicyclic amines) is 1. The van der Waals surface area contributed by atoms with Gasteiger partial charge in [0.1, 0.15) is 5.82 Å². The Labute approximate surface area is 176 Å². The van der Waals surface area contributed by atoms with Crippen LogP contribution in [0.5, 0.6) is 0 Å². The molecule has 7 heteroatoms. The highest BCUT2D eigenvalue weighted by molar-refractivity contribution is 5.97. The number of benzene rings is 1. The van der Waals surface area contributed by atoms with E-state index in [-0.39, 0.29) is 5.91 Å². The number of hydrogen-bond donors (Lipinski definition) is 2. The molecule has 3 aromatic rings. The van der Waals surface area contributed by atoms with Crippen LogP contribution < -0.4 is 10.9 Å². The van der Waals surface area contributed by atoms with E-state index in [1.165, 1.54) is 5.56 Å². The van der Waals surface area contributed by atoms with Gasteiger partial charge in [-0.15, -0.1) is 0 Å². The quantitative estimate of drug-likeness (QED) is 0.701. The van der Waals surface area contributed by atoms with Crippen LogP contribution in [-0.2, 0) is 7.05 Å². The number of fused-ring (bicyclic) bond motifs is 1. The van der Waals surface area contributed by atoms with E-state index in [1.54, 1.807) is 0 Å². The molecule has 7 nitrogen and oxygen atoms in total. The molecule has 156 valence electrons. The molecule has 0 saturated carbocycles. The third-order valence-electron chi connectivity index (χ3n) is 6.84. The summed E-state index contributed by atoms with van der Waals surface area (Å²) in [6.07, 6.45) is 5.76. The monoisotopic (exact) mass is 404 g/mol. The molecule has 5 rings (SSSR count). The van der Waals surface area contributed by atoms with Gasteiger partial charge >= 0.3 is 0 Å². The third-order valence-corrected chi connectivity index (χ3v) is 6.84. The molecule has 2 fully saturated rings. The first-order chi connectivity index (χ1) is 14.6. The minimum atomic E-state index is 0.113. The van der Waals surface area contributed by atoms with Gasteiger partial charge < -0.3 is 9.47 Å². The lowest BCUT2D eigenvalue weighted by Crippen LogP contribution is -2.45. The SMILES string of the molecule is Cc1nc2cc(C(=O)N3CCC(C4NNCC4c4ccncc4)CC3)ccc2n1C. The normalized spacial score (nSPS) is 22.7. The topological polar surface area (TPSA) is 75.1 Å². The van der Waals surface area contributed by atoms with Crippen molar-refractivity contribution in [3.05, 3.63) is 59.7 Å². The first-order valence-electron chi connectivity index (χ1n) is 10.7. The first kappa shape index (κ1) is 19.2. The molecular formula is C23H28N6O. The van der Waals surface area contributed by atoms with E-state index in [4.69, 9.17) is 0 Å². The van der Waals surface area contributed by atoms with E-state index in [0.717, 1.165) is 54.9 Å². The van der Waals surface area contributed by atoms with Crippen LogP contribution in [0.3, 0.4) is 0 Å². The number of amides is 1. The minimum absolute atomic E-state index is 0.113. The van der Waals surface area contributed by atoms with Crippen molar-refractivity contribution in [2.45, 2.75) is 31.7 Å². The average molecular weight is 405 g/mol. The van der Waals surface area contributed by atoms with Crippen molar-refractivity contribution in [1.29, 1.82) is 0 Å². The number of carbonyl (C=O) groups is 1. The van der Waals surface area contributed by atoms with Gasteiger partial charge in [0, 0.05) is 56.6 Å². The van der Waals surface area contributed by atoms with E-state index in [1.807, 2.05) is 49.5 Å². The van der Waals surface area contributed by atoms with Crippen LogP contribution >= 0.6 is 0 Å². The van der Waals surface area contributed by atoms with Crippen LogP contribution in [0.4, 0.5) is 0 Å². The van der Waals surface area contributed by atoms with E-state index in [9.17, 15) is 4.79 Å². The zero-order valence-electron chi connectivity index (χ0n) is 17.5. The van der Waals surface area contributed by atoms with Gasteiger partial charge in [-0.05, 0) is 61.6 Å². The Balaban J connectivity index is 1.26. The van der Waals surface area contributed by atoms with Crippen LogP contribution in [0.15, 0.2) is 42.7 Å². The highest BCUT2D eigenvalue weighted by atomic mass is 16.2. The second-order valence-electron chi connectivity index (χ2n) is 8.49. The van der Waals surface area contributed by atoms with Gasteiger partial charge in [-0.2, -0.15) is 0 Å². The Hall–Kier alpha value is -2.77. The molecule has 1 amide bonds. The molecule has 0 aliphatic carbocycles. The fraction of sp³-hybridized carbons (Fsp3) is 0.435. The lowest BCUT2D eigenvalue weighted by atomic mass is 9.80. The smallest absolute Gasteiger partial charge is 0.253 e. The van der Waals surface area contributed by atoms with Gasteiger partial charge in [0.25, 0.3) is 5.91 Å². The Morgan fingerprint density at radius 2 is 1.90 bits per heavy atom. The van der Waals surface area contributed by atoms with Gasteiger partial charge in [-0.1, -0.05) is 0 Å². The molecule has 2 aromatic heterocycles. The molecule has 2 N–H and O–H groups in total. The predicted molar refractivity (Wildman–Crippen MR) is 116 cm³/mol. The molecule has 0 bridgehead atoms. The second kappa shape index (κ2) is 7.81. The maximum absolute atomic E-state index is 13.1. The van der Waals surface area contributed by atoms with Crippen LogP contribution in [0.25, 0.3) is 11.0 Å². The average Bonchev–Trinajstić information content (AvgIpc) is 3.39. The third kappa shape index (κ3) is 3.38. The molecular weight excluding hydrogens is 376 g/mol. The Kier molecular flexibility index (Phi) is 5.00. The summed E-state index contributed by atoms with van der Waals surface area (Å²) in [5.74, 6) is 2.05.